The molecule has 1 aliphatic rings. The van der Waals surface area contributed by atoms with Crippen LogP contribution in [0, 0.1) is 3.57 Å². The minimum Gasteiger partial charge on any atom is -0.489 e. The molecule has 1 saturated heterocycles. The second-order valence-electron chi connectivity index (χ2n) is 5.06. The first kappa shape index (κ1) is 14.4. The number of carboxylic acid groups (broad SMARTS) is 1. The molecule has 6 heteroatoms. The number of nitrogens with zero attached hydrogens (tertiary/aromatic N) is 2. The average Bonchev–Trinajstić information content (AvgIpc) is 2.51. The molecule has 2 aromatic rings. The molecule has 0 saturated carbocycles. The van der Waals surface area contributed by atoms with Gasteiger partial charge in [0, 0.05) is 49.1 Å². The fourth-order valence-corrected chi connectivity index (χ4v) is 3.34. The molecule has 0 bridgehead atoms. The van der Waals surface area contributed by atoms with Crippen LogP contribution in [0.3, 0.4) is 0 Å². The lowest BCUT2D eigenvalue weighted by molar-refractivity contribution is 0.0891. The van der Waals surface area contributed by atoms with Gasteiger partial charge in [0.1, 0.15) is 11.9 Å². The highest BCUT2D eigenvalue weighted by Gasteiger charge is 2.24. The lowest BCUT2D eigenvalue weighted by Crippen LogP contribution is -2.41. The van der Waals surface area contributed by atoms with Crippen molar-refractivity contribution in [2.45, 2.75) is 18.9 Å². The number of halogens is 1. The quantitative estimate of drug-likeness (QED) is 0.789. The van der Waals surface area contributed by atoms with Crippen LogP contribution in [0.25, 0.3) is 10.8 Å². The molecule has 1 fully saturated rings. The zero-order valence-electron chi connectivity index (χ0n) is 11.3. The van der Waals surface area contributed by atoms with Gasteiger partial charge in [-0.1, -0.05) is 0 Å². The Balaban J connectivity index is 1.74. The highest BCUT2D eigenvalue weighted by molar-refractivity contribution is 14.1. The van der Waals surface area contributed by atoms with Crippen LogP contribution in [-0.4, -0.2) is 40.3 Å². The predicted molar refractivity (Wildman–Crippen MR) is 87.7 cm³/mol. The lowest BCUT2D eigenvalue weighted by Gasteiger charge is -2.30. The van der Waals surface area contributed by atoms with Gasteiger partial charge in [-0.2, -0.15) is 0 Å². The normalized spacial score (nSPS) is 16.1. The zero-order chi connectivity index (χ0) is 14.8. The van der Waals surface area contributed by atoms with Crippen molar-refractivity contribution in [2.75, 3.05) is 13.1 Å². The molecule has 1 aromatic carbocycles. The first-order valence-electron chi connectivity index (χ1n) is 6.82. The van der Waals surface area contributed by atoms with Gasteiger partial charge in [0.2, 0.25) is 0 Å². The van der Waals surface area contributed by atoms with Crippen molar-refractivity contribution >= 4 is 39.5 Å². The summed E-state index contributed by atoms with van der Waals surface area (Å²) in [6, 6.07) is 5.96. The van der Waals surface area contributed by atoms with Gasteiger partial charge < -0.3 is 14.7 Å². The molecule has 0 spiro atoms. The Labute approximate surface area is 136 Å². The van der Waals surface area contributed by atoms with E-state index in [1.165, 1.54) is 4.90 Å². The molecule has 0 unspecified atom stereocenters. The molecule has 3 rings (SSSR count). The van der Waals surface area contributed by atoms with Crippen molar-refractivity contribution in [3.63, 3.8) is 0 Å². The number of pyridine rings is 1. The molecular weight excluding hydrogens is 383 g/mol. The molecule has 0 radical (unpaired) electrons. The largest absolute Gasteiger partial charge is 0.489 e. The minimum atomic E-state index is -0.846. The number of ether oxygens (including phenoxy) is 1. The standard InChI is InChI=1S/C15H15IN2O3/c16-14-12-3-6-17-9-10(12)1-2-13(14)21-11-4-7-18(8-5-11)15(19)20/h1-3,6,9,11H,4-5,7-8H2,(H,19,20). The third-order valence-corrected chi connectivity index (χ3v) is 4.84. The fraction of sp³-hybridized carbons (Fsp3) is 0.333. The van der Waals surface area contributed by atoms with Crippen LogP contribution in [0.15, 0.2) is 30.6 Å². The van der Waals surface area contributed by atoms with E-state index in [0.29, 0.717) is 13.1 Å². The van der Waals surface area contributed by atoms with E-state index in [9.17, 15) is 4.79 Å². The monoisotopic (exact) mass is 398 g/mol. The molecule has 2 heterocycles. The van der Waals surface area contributed by atoms with Gasteiger partial charge in [-0.3, -0.25) is 4.98 Å². The van der Waals surface area contributed by atoms with E-state index >= 15 is 0 Å². The average molecular weight is 398 g/mol. The Kier molecular flexibility index (Phi) is 4.14. The highest BCUT2D eigenvalue weighted by Crippen LogP contribution is 2.30. The molecule has 0 aliphatic carbocycles. The van der Waals surface area contributed by atoms with Crippen LogP contribution in [0.4, 0.5) is 4.79 Å². The van der Waals surface area contributed by atoms with Crippen molar-refractivity contribution in [1.82, 2.24) is 9.88 Å². The number of rotatable bonds is 2. The van der Waals surface area contributed by atoms with Gasteiger partial charge >= 0.3 is 6.09 Å². The van der Waals surface area contributed by atoms with E-state index in [2.05, 4.69) is 27.6 Å². The topological polar surface area (TPSA) is 62.7 Å². The van der Waals surface area contributed by atoms with E-state index in [4.69, 9.17) is 9.84 Å². The maximum absolute atomic E-state index is 10.9. The summed E-state index contributed by atoms with van der Waals surface area (Å²) >= 11 is 2.29. The van der Waals surface area contributed by atoms with Crippen molar-refractivity contribution < 1.29 is 14.6 Å². The van der Waals surface area contributed by atoms with Crippen molar-refractivity contribution in [1.29, 1.82) is 0 Å². The predicted octanol–water partition coefficient (Wildman–Crippen LogP) is 3.36. The molecule has 0 atom stereocenters. The fourth-order valence-electron chi connectivity index (χ4n) is 2.55. The number of aromatic nitrogens is 1. The van der Waals surface area contributed by atoms with Gasteiger partial charge in [-0.25, -0.2) is 4.79 Å². The number of hydrogen-bond acceptors (Lipinski definition) is 3. The summed E-state index contributed by atoms with van der Waals surface area (Å²) in [4.78, 5) is 16.5. The smallest absolute Gasteiger partial charge is 0.407 e. The second-order valence-corrected chi connectivity index (χ2v) is 6.14. The summed E-state index contributed by atoms with van der Waals surface area (Å²) in [5.41, 5.74) is 0. The molecule has 21 heavy (non-hydrogen) atoms. The van der Waals surface area contributed by atoms with Gasteiger partial charge in [0.15, 0.2) is 0 Å². The van der Waals surface area contributed by atoms with E-state index in [1.807, 2.05) is 24.4 Å². The minimum absolute atomic E-state index is 0.0772. The Morgan fingerprint density at radius 2 is 2.10 bits per heavy atom. The van der Waals surface area contributed by atoms with Crippen molar-refractivity contribution in [2.24, 2.45) is 0 Å². The van der Waals surface area contributed by atoms with Crippen LogP contribution < -0.4 is 4.74 Å². The van der Waals surface area contributed by atoms with Crippen LogP contribution in [-0.2, 0) is 0 Å². The van der Waals surface area contributed by atoms with Gasteiger partial charge in [0.05, 0.1) is 3.57 Å². The van der Waals surface area contributed by atoms with Crippen LogP contribution in [0.5, 0.6) is 5.75 Å². The third kappa shape index (κ3) is 3.04. The summed E-state index contributed by atoms with van der Waals surface area (Å²) in [5, 5.41) is 11.2. The highest BCUT2D eigenvalue weighted by atomic mass is 127. The lowest BCUT2D eigenvalue weighted by atomic mass is 10.1. The van der Waals surface area contributed by atoms with Crippen molar-refractivity contribution in [3.05, 3.63) is 34.2 Å². The molecule has 110 valence electrons. The molecule has 1 N–H and O–H groups in total. The molecule has 1 amide bonds. The van der Waals surface area contributed by atoms with E-state index in [0.717, 1.165) is 32.9 Å². The summed E-state index contributed by atoms with van der Waals surface area (Å²) in [7, 11) is 0. The summed E-state index contributed by atoms with van der Waals surface area (Å²) in [5.74, 6) is 0.864. The Morgan fingerprint density at radius 3 is 2.81 bits per heavy atom. The maximum Gasteiger partial charge on any atom is 0.407 e. The molecular formula is C15H15IN2O3. The van der Waals surface area contributed by atoms with Crippen LogP contribution >= 0.6 is 22.6 Å². The van der Waals surface area contributed by atoms with E-state index < -0.39 is 6.09 Å². The first-order valence-corrected chi connectivity index (χ1v) is 7.90. The van der Waals surface area contributed by atoms with Crippen LogP contribution in [0.1, 0.15) is 12.8 Å². The maximum atomic E-state index is 10.9. The number of likely N-dealkylation sites (tertiary alicyclic amines) is 1. The van der Waals surface area contributed by atoms with E-state index in [-0.39, 0.29) is 6.10 Å². The van der Waals surface area contributed by atoms with Crippen LogP contribution in [0.2, 0.25) is 0 Å². The molecule has 1 aromatic heterocycles. The molecule has 1 aliphatic heterocycles. The van der Waals surface area contributed by atoms with Crippen molar-refractivity contribution in [3.8, 4) is 5.75 Å². The number of fused-ring (bicyclic) bond motifs is 1. The SMILES string of the molecule is O=C(O)N1CCC(Oc2ccc3cnccc3c2I)CC1. The Bertz CT molecular complexity index is 669. The number of carbonyl (C=O) groups is 1. The third-order valence-electron chi connectivity index (χ3n) is 3.73. The number of piperidine rings is 1. The number of benzene rings is 1. The summed E-state index contributed by atoms with van der Waals surface area (Å²) in [6.07, 6.45) is 4.31. The number of amides is 1. The second kappa shape index (κ2) is 6.05. The Hall–Kier alpha value is -1.57. The summed E-state index contributed by atoms with van der Waals surface area (Å²) in [6.45, 7) is 1.07. The summed E-state index contributed by atoms with van der Waals surface area (Å²) < 4.78 is 7.15. The van der Waals surface area contributed by atoms with E-state index in [1.54, 1.807) is 6.20 Å². The van der Waals surface area contributed by atoms with Gasteiger partial charge in [-0.05, 0) is 40.8 Å². The number of hydrogen-bond donors (Lipinski definition) is 1. The van der Waals surface area contributed by atoms with Gasteiger partial charge in [-0.15, -0.1) is 0 Å². The first-order chi connectivity index (χ1) is 10.1. The zero-order valence-corrected chi connectivity index (χ0v) is 13.5. The Morgan fingerprint density at radius 1 is 1.33 bits per heavy atom. The van der Waals surface area contributed by atoms with Gasteiger partial charge in [0.25, 0.3) is 0 Å². The molecule has 5 nitrogen and oxygen atoms in total.